The Morgan fingerprint density at radius 1 is 1.13 bits per heavy atom. The van der Waals surface area contributed by atoms with Gasteiger partial charge in [-0.05, 0) is 25.8 Å². The van der Waals surface area contributed by atoms with Crippen LogP contribution in [0.15, 0.2) is 0 Å². The van der Waals surface area contributed by atoms with Crippen LogP contribution in [0.5, 0.6) is 0 Å². The van der Waals surface area contributed by atoms with Crippen molar-refractivity contribution in [2.75, 3.05) is 26.3 Å². The molecule has 1 saturated carbocycles. The van der Waals surface area contributed by atoms with E-state index in [4.69, 9.17) is 4.74 Å². The maximum absolute atomic E-state index is 11.8. The van der Waals surface area contributed by atoms with Gasteiger partial charge in [-0.1, -0.05) is 6.42 Å². The fourth-order valence-electron chi connectivity index (χ4n) is 2.46. The Morgan fingerprint density at radius 3 is 3.00 bits per heavy atom. The maximum atomic E-state index is 11.8. The summed E-state index contributed by atoms with van der Waals surface area (Å²) in [6.07, 6.45) is 4.38. The largest absolute Gasteiger partial charge is 0.380 e. The predicted molar refractivity (Wildman–Crippen MR) is 57.6 cm³/mol. The van der Waals surface area contributed by atoms with E-state index >= 15 is 0 Å². The molecular weight excluding hydrogens is 192 g/mol. The Morgan fingerprint density at radius 2 is 2.07 bits per heavy atom. The van der Waals surface area contributed by atoms with Crippen LogP contribution in [-0.4, -0.2) is 38.3 Å². The highest BCUT2D eigenvalue weighted by molar-refractivity contribution is 5.79. The second-order valence-corrected chi connectivity index (χ2v) is 4.35. The number of carbonyl (C=O) groups is 1. The van der Waals surface area contributed by atoms with Crippen LogP contribution in [0.4, 0.5) is 0 Å². The van der Waals surface area contributed by atoms with Crippen molar-refractivity contribution in [1.82, 2.24) is 10.6 Å². The van der Waals surface area contributed by atoms with Crippen LogP contribution in [0.3, 0.4) is 0 Å². The molecule has 1 heterocycles. The molecule has 0 aromatic heterocycles. The van der Waals surface area contributed by atoms with Gasteiger partial charge < -0.3 is 15.4 Å². The molecular formula is C11H20N2O2. The standard InChI is InChI=1S/C11H20N2O2/c14-11-9-3-1-4-10(9)12-5-2-7-15-8-6-13-11/h9-10,12H,1-8H2,(H,13,14)/t9-,10+/m1/s1. The lowest BCUT2D eigenvalue weighted by atomic mass is 10.0. The van der Waals surface area contributed by atoms with Crippen LogP contribution in [0.2, 0.25) is 0 Å². The molecule has 4 heteroatoms. The highest BCUT2D eigenvalue weighted by Gasteiger charge is 2.32. The van der Waals surface area contributed by atoms with Crippen molar-refractivity contribution in [2.45, 2.75) is 31.7 Å². The van der Waals surface area contributed by atoms with E-state index in [0.717, 1.165) is 32.4 Å². The van der Waals surface area contributed by atoms with Gasteiger partial charge in [-0.3, -0.25) is 4.79 Å². The molecule has 1 amide bonds. The first-order chi connectivity index (χ1) is 7.38. The average Bonchev–Trinajstić information content (AvgIpc) is 2.68. The minimum Gasteiger partial charge on any atom is -0.380 e. The van der Waals surface area contributed by atoms with Crippen LogP contribution in [0, 0.1) is 5.92 Å². The minimum absolute atomic E-state index is 0.183. The van der Waals surface area contributed by atoms with Gasteiger partial charge in [0.2, 0.25) is 5.91 Å². The number of ether oxygens (including phenoxy) is 1. The first-order valence-electron chi connectivity index (χ1n) is 5.97. The van der Waals surface area contributed by atoms with E-state index in [1.807, 2.05) is 0 Å². The summed E-state index contributed by atoms with van der Waals surface area (Å²) in [5, 5.41) is 6.42. The molecule has 0 radical (unpaired) electrons. The van der Waals surface area contributed by atoms with E-state index in [9.17, 15) is 4.79 Å². The second kappa shape index (κ2) is 5.47. The van der Waals surface area contributed by atoms with Crippen molar-refractivity contribution in [1.29, 1.82) is 0 Å². The number of rotatable bonds is 0. The van der Waals surface area contributed by atoms with Crippen molar-refractivity contribution in [3.8, 4) is 0 Å². The summed E-state index contributed by atoms with van der Waals surface area (Å²) in [5.74, 6) is 0.388. The third-order valence-electron chi connectivity index (χ3n) is 3.27. The maximum Gasteiger partial charge on any atom is 0.224 e. The molecule has 2 rings (SSSR count). The Labute approximate surface area is 90.8 Å². The average molecular weight is 212 g/mol. The lowest BCUT2D eigenvalue weighted by Gasteiger charge is -2.19. The Kier molecular flexibility index (Phi) is 3.97. The predicted octanol–water partition coefficient (Wildman–Crippen LogP) is 0.281. The molecule has 2 fully saturated rings. The molecule has 0 spiro atoms. The molecule has 4 nitrogen and oxygen atoms in total. The summed E-state index contributed by atoms with van der Waals surface area (Å²) in [4.78, 5) is 11.8. The summed E-state index contributed by atoms with van der Waals surface area (Å²) in [5.41, 5.74) is 0. The van der Waals surface area contributed by atoms with Crippen LogP contribution in [0.1, 0.15) is 25.7 Å². The zero-order chi connectivity index (χ0) is 10.5. The second-order valence-electron chi connectivity index (χ2n) is 4.35. The number of amides is 1. The molecule has 0 aromatic rings. The Hall–Kier alpha value is -0.610. The number of hydrogen-bond acceptors (Lipinski definition) is 3. The molecule has 0 bridgehead atoms. The molecule has 1 aliphatic carbocycles. The SMILES string of the molecule is O=C1NCCOCCCN[C@H]2CCC[C@@H]12. The minimum atomic E-state index is 0.183. The molecule has 0 unspecified atom stereocenters. The first kappa shape index (κ1) is 10.9. The fraction of sp³-hybridized carbons (Fsp3) is 0.909. The van der Waals surface area contributed by atoms with Crippen molar-refractivity contribution in [3.63, 3.8) is 0 Å². The Bertz CT molecular complexity index is 221. The van der Waals surface area contributed by atoms with Gasteiger partial charge in [0, 0.05) is 19.2 Å². The van der Waals surface area contributed by atoms with Gasteiger partial charge in [0.25, 0.3) is 0 Å². The highest BCUT2D eigenvalue weighted by atomic mass is 16.5. The van der Waals surface area contributed by atoms with E-state index in [1.54, 1.807) is 0 Å². The summed E-state index contributed by atoms with van der Waals surface area (Å²) in [6.45, 7) is 3.06. The topological polar surface area (TPSA) is 50.4 Å². The monoisotopic (exact) mass is 212 g/mol. The molecule has 2 aliphatic rings. The van der Waals surface area contributed by atoms with E-state index in [2.05, 4.69) is 10.6 Å². The summed E-state index contributed by atoms with van der Waals surface area (Å²) in [7, 11) is 0. The van der Waals surface area contributed by atoms with E-state index in [1.165, 1.54) is 6.42 Å². The fourth-order valence-corrected chi connectivity index (χ4v) is 2.46. The van der Waals surface area contributed by atoms with Crippen molar-refractivity contribution in [3.05, 3.63) is 0 Å². The highest BCUT2D eigenvalue weighted by Crippen LogP contribution is 2.25. The molecule has 15 heavy (non-hydrogen) atoms. The molecule has 86 valence electrons. The van der Waals surface area contributed by atoms with Crippen LogP contribution in [-0.2, 0) is 9.53 Å². The van der Waals surface area contributed by atoms with E-state index < -0.39 is 0 Å². The van der Waals surface area contributed by atoms with Gasteiger partial charge in [-0.15, -0.1) is 0 Å². The molecule has 1 saturated heterocycles. The van der Waals surface area contributed by atoms with E-state index in [0.29, 0.717) is 19.2 Å². The zero-order valence-corrected chi connectivity index (χ0v) is 9.13. The summed E-state index contributed by atoms with van der Waals surface area (Å²) in [6, 6.07) is 0.392. The van der Waals surface area contributed by atoms with Gasteiger partial charge in [0.05, 0.1) is 12.5 Å². The van der Waals surface area contributed by atoms with Gasteiger partial charge in [-0.2, -0.15) is 0 Å². The molecule has 0 aromatic carbocycles. The van der Waals surface area contributed by atoms with Gasteiger partial charge in [0.1, 0.15) is 0 Å². The summed E-state index contributed by atoms with van der Waals surface area (Å²) < 4.78 is 5.38. The third-order valence-corrected chi connectivity index (χ3v) is 3.27. The quantitative estimate of drug-likeness (QED) is 0.606. The molecule has 1 aliphatic heterocycles. The van der Waals surface area contributed by atoms with E-state index in [-0.39, 0.29) is 11.8 Å². The first-order valence-corrected chi connectivity index (χ1v) is 5.97. The lowest BCUT2D eigenvalue weighted by molar-refractivity contribution is -0.125. The number of nitrogens with one attached hydrogen (secondary N) is 2. The van der Waals surface area contributed by atoms with Crippen molar-refractivity contribution in [2.24, 2.45) is 5.92 Å². The number of fused-ring (bicyclic) bond motifs is 1. The normalized spacial score (nSPS) is 34.0. The zero-order valence-electron chi connectivity index (χ0n) is 9.13. The number of hydrogen-bond donors (Lipinski definition) is 2. The molecule has 2 atom stereocenters. The van der Waals surface area contributed by atoms with Crippen LogP contribution >= 0.6 is 0 Å². The Balaban J connectivity index is 1.93. The van der Waals surface area contributed by atoms with Crippen LogP contribution < -0.4 is 10.6 Å². The van der Waals surface area contributed by atoms with Gasteiger partial charge >= 0.3 is 0 Å². The number of carbonyl (C=O) groups excluding carboxylic acids is 1. The van der Waals surface area contributed by atoms with Gasteiger partial charge in [0.15, 0.2) is 0 Å². The van der Waals surface area contributed by atoms with Gasteiger partial charge in [-0.25, -0.2) is 0 Å². The lowest BCUT2D eigenvalue weighted by Crippen LogP contribution is -2.42. The van der Waals surface area contributed by atoms with Crippen molar-refractivity contribution < 1.29 is 9.53 Å². The van der Waals surface area contributed by atoms with Crippen LogP contribution in [0.25, 0.3) is 0 Å². The summed E-state index contributed by atoms with van der Waals surface area (Å²) >= 11 is 0. The molecule has 2 N–H and O–H groups in total. The third kappa shape index (κ3) is 2.92. The smallest absolute Gasteiger partial charge is 0.224 e. The van der Waals surface area contributed by atoms with Crippen molar-refractivity contribution >= 4 is 5.91 Å².